The van der Waals surface area contributed by atoms with Gasteiger partial charge in [-0.2, -0.15) is 0 Å². The molecule has 0 saturated heterocycles. The lowest BCUT2D eigenvalue weighted by atomic mass is 9.87. The molecular weight excluding hydrogens is 374 g/mol. The van der Waals surface area contributed by atoms with E-state index in [4.69, 9.17) is 16.3 Å². The summed E-state index contributed by atoms with van der Waals surface area (Å²) in [4.78, 5) is 36.0. The largest absolute Gasteiger partial charge is 0.456 e. The fourth-order valence-electron chi connectivity index (χ4n) is 2.11. The first-order chi connectivity index (χ1) is 12.2. The maximum absolute atomic E-state index is 12.1. The Morgan fingerprint density at radius 2 is 1.73 bits per heavy atom. The van der Waals surface area contributed by atoms with Gasteiger partial charge in [-0.15, -0.1) is 11.3 Å². The van der Waals surface area contributed by atoms with Crippen molar-refractivity contribution in [2.45, 2.75) is 26.2 Å². The predicted molar refractivity (Wildman–Crippen MR) is 102 cm³/mol. The molecule has 0 radical (unpaired) electrons. The first-order valence-electron chi connectivity index (χ1n) is 8.00. The molecule has 0 aliphatic rings. The number of hydrogen-bond acceptors (Lipinski definition) is 5. The summed E-state index contributed by atoms with van der Waals surface area (Å²) in [6.07, 6.45) is 0. The Hall–Kier alpha value is -2.18. The molecule has 26 heavy (non-hydrogen) atoms. The standard InChI is InChI=1S/C19H20ClNO4S/c1-19(2,3)13-6-4-12(5-7-13)18(24)21-10-17(23)25-11-14(22)15-8-9-16(20)26-15/h4-9H,10-11H2,1-3H3,(H,21,24). The molecule has 0 unspecified atom stereocenters. The maximum Gasteiger partial charge on any atom is 0.325 e. The number of carbonyl (C=O) groups is 3. The van der Waals surface area contributed by atoms with E-state index in [1.807, 2.05) is 12.1 Å². The summed E-state index contributed by atoms with van der Waals surface area (Å²) in [6.45, 7) is 5.57. The van der Waals surface area contributed by atoms with Crippen LogP contribution in [0, 0.1) is 0 Å². The molecule has 1 heterocycles. The number of carbonyl (C=O) groups excluding carboxylic acids is 3. The van der Waals surface area contributed by atoms with Gasteiger partial charge in [0, 0.05) is 5.56 Å². The molecule has 1 aromatic carbocycles. The molecule has 0 saturated carbocycles. The second-order valence-corrected chi connectivity index (χ2v) is 8.41. The normalized spacial score (nSPS) is 11.1. The van der Waals surface area contributed by atoms with Crippen LogP contribution in [0.1, 0.15) is 46.4 Å². The van der Waals surface area contributed by atoms with Gasteiger partial charge in [-0.3, -0.25) is 14.4 Å². The quantitative estimate of drug-likeness (QED) is 0.597. The average Bonchev–Trinajstić information content (AvgIpc) is 3.03. The van der Waals surface area contributed by atoms with E-state index in [-0.39, 0.29) is 30.3 Å². The molecule has 0 spiro atoms. The fraction of sp³-hybridized carbons (Fsp3) is 0.316. The van der Waals surface area contributed by atoms with Crippen LogP contribution in [0.25, 0.3) is 0 Å². The van der Waals surface area contributed by atoms with Gasteiger partial charge in [0.15, 0.2) is 6.61 Å². The van der Waals surface area contributed by atoms with Gasteiger partial charge in [-0.25, -0.2) is 0 Å². The van der Waals surface area contributed by atoms with Crippen LogP contribution in [0.3, 0.4) is 0 Å². The Labute approximate surface area is 161 Å². The minimum Gasteiger partial charge on any atom is -0.456 e. The summed E-state index contributed by atoms with van der Waals surface area (Å²) in [5, 5.41) is 2.48. The molecule has 0 fully saturated rings. The van der Waals surface area contributed by atoms with E-state index in [1.165, 1.54) is 0 Å². The van der Waals surface area contributed by atoms with Crippen LogP contribution in [0.15, 0.2) is 36.4 Å². The number of halogens is 1. The van der Waals surface area contributed by atoms with Crippen molar-refractivity contribution in [2.24, 2.45) is 0 Å². The number of amides is 1. The lowest BCUT2D eigenvalue weighted by Gasteiger charge is -2.19. The van der Waals surface area contributed by atoms with Crippen LogP contribution in [0.5, 0.6) is 0 Å². The van der Waals surface area contributed by atoms with Crippen molar-refractivity contribution in [1.82, 2.24) is 5.32 Å². The van der Waals surface area contributed by atoms with Gasteiger partial charge in [0.05, 0.1) is 9.21 Å². The maximum atomic E-state index is 12.1. The Morgan fingerprint density at radius 1 is 1.08 bits per heavy atom. The number of ketones is 1. The number of nitrogens with one attached hydrogen (secondary N) is 1. The summed E-state index contributed by atoms with van der Waals surface area (Å²) < 4.78 is 5.37. The fourth-order valence-corrected chi connectivity index (χ4v) is 3.08. The summed E-state index contributed by atoms with van der Waals surface area (Å²) in [5.74, 6) is -1.39. The number of benzene rings is 1. The van der Waals surface area contributed by atoms with Crippen molar-refractivity contribution in [3.05, 3.63) is 56.7 Å². The average molecular weight is 394 g/mol. The number of ether oxygens (including phenoxy) is 1. The van der Waals surface area contributed by atoms with Crippen molar-refractivity contribution >= 4 is 40.6 Å². The highest BCUT2D eigenvalue weighted by atomic mass is 35.5. The molecule has 0 aliphatic heterocycles. The molecule has 5 nitrogen and oxygen atoms in total. The Bertz CT molecular complexity index is 806. The zero-order valence-electron chi connectivity index (χ0n) is 14.8. The van der Waals surface area contributed by atoms with E-state index < -0.39 is 5.97 Å². The van der Waals surface area contributed by atoms with Gasteiger partial charge in [-0.1, -0.05) is 44.5 Å². The van der Waals surface area contributed by atoms with E-state index >= 15 is 0 Å². The van der Waals surface area contributed by atoms with Crippen LogP contribution in [-0.2, 0) is 14.9 Å². The van der Waals surface area contributed by atoms with Crippen LogP contribution < -0.4 is 5.32 Å². The van der Waals surface area contributed by atoms with Gasteiger partial charge in [0.2, 0.25) is 5.78 Å². The molecule has 1 N–H and O–H groups in total. The molecule has 1 aromatic heterocycles. The molecular formula is C19H20ClNO4S. The molecule has 2 rings (SSSR count). The molecule has 0 bridgehead atoms. The first-order valence-corrected chi connectivity index (χ1v) is 9.19. The third-order valence-electron chi connectivity index (χ3n) is 3.62. The van der Waals surface area contributed by atoms with E-state index in [2.05, 4.69) is 26.1 Å². The van der Waals surface area contributed by atoms with Gasteiger partial charge < -0.3 is 10.1 Å². The number of rotatable bonds is 6. The topological polar surface area (TPSA) is 72.5 Å². The monoisotopic (exact) mass is 393 g/mol. The summed E-state index contributed by atoms with van der Waals surface area (Å²) in [7, 11) is 0. The number of Topliss-reactive ketones (excluding diaryl/α,β-unsaturated/α-hetero) is 1. The summed E-state index contributed by atoms with van der Waals surface area (Å²) in [5.41, 5.74) is 1.56. The third-order valence-corrected chi connectivity index (χ3v) is 4.89. The van der Waals surface area contributed by atoms with Gasteiger partial charge in [-0.05, 0) is 35.2 Å². The minimum atomic E-state index is -0.680. The van der Waals surface area contributed by atoms with Crippen LogP contribution in [0.4, 0.5) is 0 Å². The van der Waals surface area contributed by atoms with E-state index in [0.717, 1.165) is 16.9 Å². The lowest BCUT2D eigenvalue weighted by Crippen LogP contribution is -2.31. The molecule has 7 heteroatoms. The molecule has 1 amide bonds. The van der Waals surface area contributed by atoms with Crippen molar-refractivity contribution in [2.75, 3.05) is 13.2 Å². The van der Waals surface area contributed by atoms with Crippen LogP contribution in [-0.4, -0.2) is 30.8 Å². The minimum absolute atomic E-state index is 0.00184. The molecule has 0 atom stereocenters. The van der Waals surface area contributed by atoms with Crippen molar-refractivity contribution in [3.8, 4) is 0 Å². The van der Waals surface area contributed by atoms with E-state index in [1.54, 1.807) is 24.3 Å². The zero-order chi connectivity index (χ0) is 19.3. The molecule has 2 aromatic rings. The van der Waals surface area contributed by atoms with Crippen LogP contribution in [0.2, 0.25) is 4.34 Å². The van der Waals surface area contributed by atoms with Crippen molar-refractivity contribution < 1.29 is 19.1 Å². The molecule has 138 valence electrons. The second kappa shape index (κ2) is 8.47. The highest BCUT2D eigenvalue weighted by Gasteiger charge is 2.16. The Kier molecular flexibility index (Phi) is 6.56. The van der Waals surface area contributed by atoms with Gasteiger partial charge in [0.25, 0.3) is 5.91 Å². The third kappa shape index (κ3) is 5.68. The highest BCUT2D eigenvalue weighted by molar-refractivity contribution is 7.18. The Morgan fingerprint density at radius 3 is 2.27 bits per heavy atom. The van der Waals surface area contributed by atoms with Crippen LogP contribution >= 0.6 is 22.9 Å². The van der Waals surface area contributed by atoms with E-state index in [9.17, 15) is 14.4 Å². The number of esters is 1. The smallest absolute Gasteiger partial charge is 0.325 e. The van der Waals surface area contributed by atoms with Gasteiger partial charge in [0.1, 0.15) is 6.54 Å². The number of thiophene rings is 1. The lowest BCUT2D eigenvalue weighted by molar-refractivity contribution is -0.141. The SMILES string of the molecule is CC(C)(C)c1ccc(C(=O)NCC(=O)OCC(=O)c2ccc(Cl)s2)cc1. The first kappa shape index (κ1) is 20.1. The summed E-state index contributed by atoms with van der Waals surface area (Å²) in [6, 6.07) is 10.4. The van der Waals surface area contributed by atoms with E-state index in [0.29, 0.717) is 14.8 Å². The highest BCUT2D eigenvalue weighted by Crippen LogP contribution is 2.22. The summed E-state index contributed by atoms with van der Waals surface area (Å²) >= 11 is 6.88. The zero-order valence-corrected chi connectivity index (χ0v) is 16.4. The second-order valence-electron chi connectivity index (χ2n) is 6.70. The Balaban J connectivity index is 1.79. The van der Waals surface area contributed by atoms with Crippen molar-refractivity contribution in [3.63, 3.8) is 0 Å². The molecule has 0 aliphatic carbocycles. The number of hydrogen-bond donors (Lipinski definition) is 1. The van der Waals surface area contributed by atoms with Gasteiger partial charge >= 0.3 is 5.97 Å². The van der Waals surface area contributed by atoms with Crippen molar-refractivity contribution in [1.29, 1.82) is 0 Å². The predicted octanol–water partition coefficient (Wildman–Crippen LogP) is 3.85.